The van der Waals surface area contributed by atoms with Crippen molar-refractivity contribution in [2.75, 3.05) is 32.7 Å². The van der Waals surface area contributed by atoms with E-state index < -0.39 is 132 Å². The molecule has 15 N–H and O–H groups in total. The number of hydrogen-bond acceptors (Lipinski definition) is 13. The van der Waals surface area contributed by atoms with Gasteiger partial charge in [0.1, 0.15) is 48.3 Å². The molecule has 2 aromatic rings. The fraction of sp³-hybridized carbons (Fsp3) is 0.585. The molecule has 0 aliphatic carbocycles. The first kappa shape index (κ1) is 61.1. The molecular weight excluding hydrogens is 1040 g/mol. The topological polar surface area (TPSA) is 422 Å². The van der Waals surface area contributed by atoms with Crippen LogP contribution in [0.15, 0.2) is 47.6 Å². The van der Waals surface area contributed by atoms with E-state index in [1.807, 2.05) is 18.2 Å². The summed E-state index contributed by atoms with van der Waals surface area (Å²) < 4.78 is 0. The minimum atomic E-state index is -1.44. The number of rotatable bonds is 27. The molecule has 5 heterocycles. The molecule has 0 spiro atoms. The number of benzene rings is 1. The number of nitrogens with zero attached hydrogens (tertiary/aromatic N) is 5. The molecule has 0 radical (unpaired) electrons. The number of aliphatic imine (C=N–C) groups is 1. The number of nitrogens with one attached hydrogen (secondary N) is 5. The van der Waals surface area contributed by atoms with Crippen LogP contribution in [0.25, 0.3) is 10.9 Å². The zero-order valence-corrected chi connectivity index (χ0v) is 45.2. The first-order chi connectivity index (χ1) is 38.1. The number of carbonyl (C=O) groups is 11. The van der Waals surface area contributed by atoms with Crippen molar-refractivity contribution in [3.63, 3.8) is 0 Å². The average Bonchev–Trinajstić information content (AvgIpc) is 4.32. The van der Waals surface area contributed by atoms with Crippen LogP contribution in [0.1, 0.15) is 103 Å². The van der Waals surface area contributed by atoms with Crippen molar-refractivity contribution < 1.29 is 63.0 Å². The third kappa shape index (κ3) is 15.4. The molecule has 436 valence electrons. The predicted molar refractivity (Wildman–Crippen MR) is 289 cm³/mol. The summed E-state index contributed by atoms with van der Waals surface area (Å²) in [4.78, 5) is 162. The van der Waals surface area contributed by atoms with Gasteiger partial charge in [-0.05, 0) is 81.8 Å². The molecule has 10 atom stereocenters. The van der Waals surface area contributed by atoms with Gasteiger partial charge in [-0.25, -0.2) is 4.79 Å². The number of guanidine groups is 1. The quantitative estimate of drug-likeness (QED) is 0.0200. The van der Waals surface area contributed by atoms with Crippen LogP contribution in [-0.2, 0) is 59.2 Å². The summed E-state index contributed by atoms with van der Waals surface area (Å²) in [6.45, 7) is 3.99. The van der Waals surface area contributed by atoms with Crippen LogP contribution in [0.5, 0.6) is 0 Å². The van der Waals surface area contributed by atoms with E-state index in [1.165, 1.54) is 25.7 Å². The SMILES string of the molecule is CCC(C)C(NC(=O)C(CCC(N)=O)NC(=O)C1CCCN1C(=O)C(CCCN=C(N)N)NC(=O)C1C=CCN1C(=O)C(Cc1c[nH]c2ccccc12)NC(=O)C(N)CCC(=O)O)C(=O)N1CCCC1C(=O)N1CCCC1C(=O)O. The van der Waals surface area contributed by atoms with Crippen LogP contribution >= 0.6 is 0 Å². The number of hydrogen-bond donors (Lipinski definition) is 11. The molecular formula is C53H76N14O13. The highest BCUT2D eigenvalue weighted by Crippen LogP contribution is 2.28. The third-order valence-corrected chi connectivity index (χ3v) is 15.4. The summed E-state index contributed by atoms with van der Waals surface area (Å²) in [5, 5.41) is 30.6. The lowest BCUT2D eigenvalue weighted by Crippen LogP contribution is -2.60. The van der Waals surface area contributed by atoms with E-state index in [2.05, 4.69) is 31.2 Å². The van der Waals surface area contributed by atoms with Crippen LogP contribution in [0.2, 0.25) is 0 Å². The van der Waals surface area contributed by atoms with Crippen LogP contribution < -0.4 is 44.2 Å². The van der Waals surface area contributed by atoms with Gasteiger partial charge >= 0.3 is 11.9 Å². The number of fused-ring (bicyclic) bond motifs is 1. The summed E-state index contributed by atoms with van der Waals surface area (Å²) >= 11 is 0. The number of amides is 9. The van der Waals surface area contributed by atoms with E-state index >= 15 is 0 Å². The van der Waals surface area contributed by atoms with Gasteiger partial charge in [-0.1, -0.05) is 50.6 Å². The second-order valence-electron chi connectivity index (χ2n) is 20.9. The lowest BCUT2D eigenvalue weighted by molar-refractivity contribution is -0.152. The van der Waals surface area contributed by atoms with Crippen LogP contribution in [0, 0.1) is 5.92 Å². The Labute approximate surface area is 462 Å². The number of likely N-dealkylation sites (tertiary alicyclic amines) is 3. The maximum Gasteiger partial charge on any atom is 0.326 e. The summed E-state index contributed by atoms with van der Waals surface area (Å²) in [7, 11) is 0. The molecule has 4 aliphatic heterocycles. The molecule has 1 aromatic heterocycles. The highest BCUT2D eigenvalue weighted by molar-refractivity contribution is 6.00. The van der Waals surface area contributed by atoms with Crippen LogP contribution in [-0.4, -0.2) is 193 Å². The molecule has 9 amide bonds. The smallest absolute Gasteiger partial charge is 0.326 e. The number of aliphatic carboxylic acids is 2. The summed E-state index contributed by atoms with van der Waals surface area (Å²) in [6.07, 6.45) is 5.97. The van der Waals surface area contributed by atoms with Crippen molar-refractivity contribution in [2.45, 2.75) is 158 Å². The highest BCUT2D eigenvalue weighted by Gasteiger charge is 2.46. The van der Waals surface area contributed by atoms with Gasteiger partial charge in [0.05, 0.1) is 6.04 Å². The molecule has 0 saturated carbocycles. The van der Waals surface area contributed by atoms with Crippen LogP contribution in [0.3, 0.4) is 0 Å². The summed E-state index contributed by atoms with van der Waals surface area (Å²) in [5.41, 5.74) is 24.1. The van der Waals surface area contributed by atoms with E-state index in [1.54, 1.807) is 32.2 Å². The Morgan fingerprint density at radius 1 is 0.713 bits per heavy atom. The van der Waals surface area contributed by atoms with Crippen molar-refractivity contribution in [3.8, 4) is 0 Å². The summed E-state index contributed by atoms with van der Waals surface area (Å²) in [5.74, 6) is -9.36. The van der Waals surface area contributed by atoms with Crippen molar-refractivity contribution in [1.29, 1.82) is 0 Å². The van der Waals surface area contributed by atoms with Crippen molar-refractivity contribution >= 4 is 82.0 Å². The molecule has 4 aliphatic rings. The Balaban J connectivity index is 1.18. The monoisotopic (exact) mass is 1120 g/mol. The fourth-order valence-corrected chi connectivity index (χ4v) is 10.8. The molecule has 80 heavy (non-hydrogen) atoms. The Morgan fingerprint density at radius 2 is 1.35 bits per heavy atom. The van der Waals surface area contributed by atoms with Crippen molar-refractivity contribution in [1.82, 2.24) is 45.9 Å². The van der Waals surface area contributed by atoms with Crippen LogP contribution in [0.4, 0.5) is 0 Å². The number of nitrogens with two attached hydrogens (primary N) is 4. The Morgan fingerprint density at radius 3 is 2.01 bits per heavy atom. The molecule has 10 unspecified atom stereocenters. The maximum atomic E-state index is 14.7. The maximum absolute atomic E-state index is 14.7. The van der Waals surface area contributed by atoms with E-state index in [4.69, 9.17) is 22.9 Å². The molecule has 0 bridgehead atoms. The van der Waals surface area contributed by atoms with Gasteiger partial charge < -0.3 is 79.0 Å². The Kier molecular flexibility index (Phi) is 21.5. The largest absolute Gasteiger partial charge is 0.481 e. The Bertz CT molecular complexity index is 2710. The lowest BCUT2D eigenvalue weighted by atomic mass is 9.96. The Hall–Kier alpha value is -8.10. The first-order valence-corrected chi connectivity index (χ1v) is 27.3. The molecule has 3 saturated heterocycles. The van der Waals surface area contributed by atoms with Gasteiger partial charge in [0.15, 0.2) is 5.96 Å². The van der Waals surface area contributed by atoms with Crippen molar-refractivity contribution in [2.24, 2.45) is 33.8 Å². The zero-order chi connectivity index (χ0) is 58.4. The van der Waals surface area contributed by atoms with Gasteiger partial charge in [-0.15, -0.1) is 0 Å². The number of para-hydroxylation sites is 1. The lowest BCUT2D eigenvalue weighted by Gasteiger charge is -2.34. The van der Waals surface area contributed by atoms with E-state index in [0.29, 0.717) is 37.7 Å². The van der Waals surface area contributed by atoms with Gasteiger partial charge in [0, 0.05) is 69.1 Å². The highest BCUT2D eigenvalue weighted by atomic mass is 16.4. The molecule has 27 heteroatoms. The number of H-pyrrole nitrogens is 1. The van der Waals surface area contributed by atoms with E-state index in [-0.39, 0.29) is 90.0 Å². The average molecular weight is 1120 g/mol. The van der Waals surface area contributed by atoms with E-state index in [0.717, 1.165) is 10.9 Å². The number of primary amides is 1. The molecule has 1 aromatic carbocycles. The first-order valence-electron chi connectivity index (χ1n) is 27.3. The minimum absolute atomic E-state index is 0.0413. The second-order valence-corrected chi connectivity index (χ2v) is 20.9. The van der Waals surface area contributed by atoms with Gasteiger partial charge in [-0.2, -0.15) is 0 Å². The number of aromatic nitrogens is 1. The molecule has 6 rings (SSSR count). The number of carbonyl (C=O) groups excluding carboxylic acids is 9. The minimum Gasteiger partial charge on any atom is -0.481 e. The fourth-order valence-electron chi connectivity index (χ4n) is 10.8. The predicted octanol–water partition coefficient (Wildman–Crippen LogP) is -1.97. The normalized spacial score (nSPS) is 21.0. The van der Waals surface area contributed by atoms with Gasteiger partial charge in [-0.3, -0.25) is 52.9 Å². The number of carboxylic acids is 2. The number of carboxylic acid groups (broad SMARTS) is 2. The van der Waals surface area contributed by atoms with Gasteiger partial charge in [0.25, 0.3) is 0 Å². The van der Waals surface area contributed by atoms with Crippen molar-refractivity contribution in [3.05, 3.63) is 48.2 Å². The number of aromatic amines is 1. The zero-order valence-electron chi connectivity index (χ0n) is 45.2. The summed E-state index contributed by atoms with van der Waals surface area (Å²) in [6, 6.07) is -3.67. The van der Waals surface area contributed by atoms with Gasteiger partial charge in [0.2, 0.25) is 53.2 Å². The third-order valence-electron chi connectivity index (χ3n) is 15.4. The standard InChI is InChI=1S/C53H76N14O13/c1-3-29(2)43(51(78)66-25-9-16-39(66)50(77)67-26-10-17-40(67)52(79)80)63-45(72)34(19-20-41(55)68)60-46(73)37-14-7-23-64(37)48(75)35(13-6-22-58-53(56)57)61-47(74)38-15-8-24-65(38)49(76)36(62-44(71)32(54)18-21-42(69)70)27-30-28-59-33-12-5-4-11-31(30)33/h4-5,8,11-12,15,28-29,32,34-40,43,59H,3,6-7,9-10,13-14,16-27,54H2,1-2H3,(H2,55,68)(H,60,73)(H,61,74)(H,62,71)(H,63,72)(H,69,70)(H,79,80)(H4,56,57,58). The molecule has 27 nitrogen and oxygen atoms in total. The second kappa shape index (κ2) is 28.2. The van der Waals surface area contributed by atoms with E-state index in [9.17, 15) is 63.0 Å². The molecule has 3 fully saturated rings.